The topological polar surface area (TPSA) is 57.6 Å². The van der Waals surface area contributed by atoms with Gasteiger partial charge in [-0.15, -0.1) is 0 Å². The lowest BCUT2D eigenvalue weighted by Gasteiger charge is -2.44. The molecule has 0 aromatic heterocycles. The van der Waals surface area contributed by atoms with E-state index in [1.807, 2.05) is 18.2 Å². The van der Waals surface area contributed by atoms with Crippen LogP contribution in [-0.2, 0) is 0 Å². The van der Waals surface area contributed by atoms with Crippen LogP contribution in [0.2, 0.25) is 0 Å². The summed E-state index contributed by atoms with van der Waals surface area (Å²) in [5.74, 6) is -0.263. The van der Waals surface area contributed by atoms with Crippen LogP contribution in [0.15, 0.2) is 36.4 Å². The predicted molar refractivity (Wildman–Crippen MR) is 96.9 cm³/mol. The van der Waals surface area contributed by atoms with Gasteiger partial charge in [-0.1, -0.05) is 37.1 Å². The molecule has 4 nitrogen and oxygen atoms in total. The van der Waals surface area contributed by atoms with Gasteiger partial charge < -0.3 is 10.0 Å². The van der Waals surface area contributed by atoms with Crippen LogP contribution in [0.3, 0.4) is 0 Å². The van der Waals surface area contributed by atoms with E-state index < -0.39 is 5.97 Å². The molecule has 1 N–H and O–H groups in total. The number of benzene rings is 2. The lowest BCUT2D eigenvalue weighted by atomic mass is 9.78. The Labute approximate surface area is 147 Å². The third-order valence-electron chi connectivity index (χ3n) is 5.89. The van der Waals surface area contributed by atoms with E-state index in [0.29, 0.717) is 22.9 Å². The molecule has 1 saturated carbocycles. The highest BCUT2D eigenvalue weighted by molar-refractivity contribution is 6.12. The number of hydrogen-bond donors (Lipinski definition) is 1. The fourth-order valence-corrected chi connectivity index (χ4v) is 4.70. The Kier molecular flexibility index (Phi) is 4.20. The van der Waals surface area contributed by atoms with Gasteiger partial charge >= 0.3 is 5.97 Å². The maximum absolute atomic E-state index is 13.3. The third kappa shape index (κ3) is 2.80. The van der Waals surface area contributed by atoms with E-state index in [4.69, 9.17) is 0 Å². The minimum absolute atomic E-state index is 0.0599. The van der Waals surface area contributed by atoms with Crippen LogP contribution in [-0.4, -0.2) is 34.5 Å². The Hall–Kier alpha value is -2.36. The number of fused-ring (bicyclic) bond motifs is 2. The van der Waals surface area contributed by atoms with E-state index in [2.05, 4.69) is 4.90 Å². The normalized spacial score (nSPS) is 23.3. The monoisotopic (exact) mass is 337 g/mol. The molecule has 0 spiro atoms. The number of carboxylic acid groups (broad SMARTS) is 1. The quantitative estimate of drug-likeness (QED) is 0.887. The second-order valence-electron chi connectivity index (χ2n) is 7.26. The van der Waals surface area contributed by atoms with Crippen molar-refractivity contribution in [3.63, 3.8) is 0 Å². The van der Waals surface area contributed by atoms with E-state index >= 15 is 0 Å². The average molecular weight is 337 g/mol. The molecule has 4 heteroatoms. The van der Waals surface area contributed by atoms with Crippen molar-refractivity contribution in [3.05, 3.63) is 47.5 Å². The Balaban J connectivity index is 1.75. The van der Waals surface area contributed by atoms with E-state index in [1.54, 1.807) is 18.2 Å². The number of carboxylic acids is 1. The SMILES string of the molecule is O=C(O)c1ccc(C(=O)N2CCC[C@@H]3CCCC[C@H]32)c2ccccc12. The standard InChI is InChI=1S/C21H23NO3/c23-20(22-13-5-7-14-6-1-4-10-19(14)22)17-11-12-18(21(24)25)16-9-3-2-8-15(16)17/h2-3,8-9,11-12,14,19H,1,4-7,10,13H2,(H,24,25)/t14-,19+/m0/s1. The molecule has 1 aliphatic heterocycles. The summed E-state index contributed by atoms with van der Waals surface area (Å²) < 4.78 is 0. The number of aromatic carboxylic acids is 1. The number of carbonyl (C=O) groups excluding carboxylic acids is 1. The molecule has 2 fully saturated rings. The van der Waals surface area contributed by atoms with Crippen LogP contribution < -0.4 is 0 Å². The van der Waals surface area contributed by atoms with E-state index in [-0.39, 0.29) is 11.5 Å². The Morgan fingerprint density at radius 2 is 1.52 bits per heavy atom. The molecule has 25 heavy (non-hydrogen) atoms. The molecule has 1 saturated heterocycles. The fourth-order valence-electron chi connectivity index (χ4n) is 4.70. The van der Waals surface area contributed by atoms with Gasteiger partial charge in [0.1, 0.15) is 0 Å². The lowest BCUT2D eigenvalue weighted by molar-refractivity contribution is 0.0392. The summed E-state index contributed by atoms with van der Waals surface area (Å²) in [6.07, 6.45) is 7.10. The first-order chi connectivity index (χ1) is 12.2. The van der Waals surface area contributed by atoms with Gasteiger partial charge in [0.15, 0.2) is 0 Å². The van der Waals surface area contributed by atoms with Crippen LogP contribution in [0.25, 0.3) is 10.8 Å². The van der Waals surface area contributed by atoms with Crippen molar-refractivity contribution in [3.8, 4) is 0 Å². The highest BCUT2D eigenvalue weighted by atomic mass is 16.4. The summed E-state index contributed by atoms with van der Waals surface area (Å²) in [6.45, 7) is 0.814. The molecule has 1 amide bonds. The van der Waals surface area contributed by atoms with Gasteiger partial charge in [0.05, 0.1) is 5.56 Å². The second-order valence-corrected chi connectivity index (χ2v) is 7.26. The van der Waals surface area contributed by atoms with E-state index in [9.17, 15) is 14.7 Å². The molecule has 1 heterocycles. The van der Waals surface area contributed by atoms with Crippen molar-refractivity contribution >= 4 is 22.6 Å². The predicted octanol–water partition coefficient (Wildman–Crippen LogP) is 4.33. The highest BCUT2D eigenvalue weighted by Gasteiger charge is 2.36. The lowest BCUT2D eigenvalue weighted by Crippen LogP contribution is -2.49. The molecule has 0 unspecified atom stereocenters. The van der Waals surface area contributed by atoms with Crippen molar-refractivity contribution in [2.24, 2.45) is 5.92 Å². The van der Waals surface area contributed by atoms with Crippen molar-refractivity contribution in [2.75, 3.05) is 6.54 Å². The van der Waals surface area contributed by atoms with Crippen LogP contribution in [0.5, 0.6) is 0 Å². The zero-order chi connectivity index (χ0) is 17.4. The molecule has 0 bridgehead atoms. The van der Waals surface area contributed by atoms with Gasteiger partial charge in [0, 0.05) is 18.2 Å². The molecule has 130 valence electrons. The van der Waals surface area contributed by atoms with Crippen molar-refractivity contribution in [1.82, 2.24) is 4.90 Å². The van der Waals surface area contributed by atoms with Crippen molar-refractivity contribution < 1.29 is 14.7 Å². The largest absolute Gasteiger partial charge is 0.478 e. The Morgan fingerprint density at radius 3 is 2.28 bits per heavy atom. The average Bonchev–Trinajstić information content (AvgIpc) is 2.66. The molecule has 1 aliphatic carbocycles. The summed E-state index contributed by atoms with van der Waals surface area (Å²) in [7, 11) is 0. The Morgan fingerprint density at radius 1 is 0.880 bits per heavy atom. The van der Waals surface area contributed by atoms with Crippen LogP contribution in [0.1, 0.15) is 59.2 Å². The smallest absolute Gasteiger partial charge is 0.336 e. The molecule has 2 atom stereocenters. The molecule has 2 aromatic carbocycles. The Bertz CT molecular complexity index is 827. The van der Waals surface area contributed by atoms with Gasteiger partial charge in [-0.25, -0.2) is 4.79 Å². The van der Waals surface area contributed by atoms with Gasteiger partial charge in [0.2, 0.25) is 0 Å². The first kappa shape index (κ1) is 16.1. The van der Waals surface area contributed by atoms with Crippen LogP contribution in [0.4, 0.5) is 0 Å². The summed E-state index contributed by atoms with van der Waals surface area (Å²) in [5, 5.41) is 10.8. The van der Waals surface area contributed by atoms with Gasteiger partial charge in [-0.2, -0.15) is 0 Å². The third-order valence-corrected chi connectivity index (χ3v) is 5.89. The summed E-state index contributed by atoms with van der Waals surface area (Å²) in [5.41, 5.74) is 0.883. The summed E-state index contributed by atoms with van der Waals surface area (Å²) in [4.78, 5) is 26.9. The van der Waals surface area contributed by atoms with Gasteiger partial charge in [-0.05, 0) is 54.5 Å². The molecule has 2 aliphatic rings. The number of carbonyl (C=O) groups is 2. The maximum Gasteiger partial charge on any atom is 0.336 e. The zero-order valence-electron chi connectivity index (χ0n) is 14.3. The number of hydrogen-bond acceptors (Lipinski definition) is 2. The number of likely N-dealkylation sites (tertiary alicyclic amines) is 1. The van der Waals surface area contributed by atoms with E-state index in [0.717, 1.165) is 24.8 Å². The number of nitrogens with zero attached hydrogens (tertiary/aromatic N) is 1. The number of amides is 1. The summed E-state index contributed by atoms with van der Waals surface area (Å²) in [6, 6.07) is 11.0. The molecule has 2 aromatic rings. The minimum atomic E-state index is -0.958. The van der Waals surface area contributed by atoms with Crippen LogP contribution in [0, 0.1) is 5.92 Å². The molecule has 4 rings (SSSR count). The maximum atomic E-state index is 13.3. The van der Waals surface area contributed by atoms with Crippen molar-refractivity contribution in [2.45, 2.75) is 44.6 Å². The highest BCUT2D eigenvalue weighted by Crippen LogP contribution is 2.36. The van der Waals surface area contributed by atoms with Crippen molar-refractivity contribution in [1.29, 1.82) is 0 Å². The first-order valence-corrected chi connectivity index (χ1v) is 9.23. The molecular formula is C21H23NO3. The van der Waals surface area contributed by atoms with Gasteiger partial charge in [0.25, 0.3) is 5.91 Å². The van der Waals surface area contributed by atoms with Crippen LogP contribution >= 0.6 is 0 Å². The fraction of sp³-hybridized carbons (Fsp3) is 0.429. The van der Waals surface area contributed by atoms with Gasteiger partial charge in [-0.3, -0.25) is 4.79 Å². The van der Waals surface area contributed by atoms with E-state index in [1.165, 1.54) is 25.7 Å². The molecular weight excluding hydrogens is 314 g/mol. The minimum Gasteiger partial charge on any atom is -0.478 e. The first-order valence-electron chi connectivity index (χ1n) is 9.23. The number of rotatable bonds is 2. The molecule has 0 radical (unpaired) electrons. The summed E-state index contributed by atoms with van der Waals surface area (Å²) >= 11 is 0. The second kappa shape index (κ2) is 6.51. The zero-order valence-corrected chi connectivity index (χ0v) is 14.3. The number of piperidine rings is 1.